The van der Waals surface area contributed by atoms with E-state index in [4.69, 9.17) is 9.47 Å². The van der Waals surface area contributed by atoms with Gasteiger partial charge in [-0.25, -0.2) is 0 Å². The lowest BCUT2D eigenvalue weighted by Crippen LogP contribution is -2.45. The molecule has 16 heavy (non-hydrogen) atoms. The summed E-state index contributed by atoms with van der Waals surface area (Å²) in [5, 5.41) is 0. The Labute approximate surface area is 101 Å². The lowest BCUT2D eigenvalue weighted by atomic mass is 10.1. The highest BCUT2D eigenvalue weighted by molar-refractivity contribution is 4.73. The van der Waals surface area contributed by atoms with E-state index in [2.05, 4.69) is 32.6 Å². The van der Waals surface area contributed by atoms with Gasteiger partial charge >= 0.3 is 0 Å². The van der Waals surface area contributed by atoms with Gasteiger partial charge in [0.25, 0.3) is 0 Å². The largest absolute Gasteiger partial charge is 0.348 e. The third kappa shape index (κ3) is 6.46. The van der Waals surface area contributed by atoms with Crippen LogP contribution in [-0.4, -0.2) is 35.6 Å². The number of hydrogen-bond donors (Lipinski definition) is 0. The van der Waals surface area contributed by atoms with E-state index in [0.717, 1.165) is 6.54 Å². The highest BCUT2D eigenvalue weighted by atomic mass is 16.7. The van der Waals surface area contributed by atoms with Crippen molar-refractivity contribution in [2.45, 2.75) is 72.8 Å². The predicted molar refractivity (Wildman–Crippen MR) is 68.4 cm³/mol. The van der Waals surface area contributed by atoms with Crippen molar-refractivity contribution in [3.05, 3.63) is 0 Å². The average molecular weight is 231 g/mol. The quantitative estimate of drug-likeness (QED) is 0.655. The van der Waals surface area contributed by atoms with Crippen LogP contribution in [0.15, 0.2) is 0 Å². The first-order valence-corrected chi connectivity index (χ1v) is 6.15. The van der Waals surface area contributed by atoms with Crippen molar-refractivity contribution < 1.29 is 9.47 Å². The molecule has 0 saturated carbocycles. The molecular weight excluding hydrogens is 202 g/mol. The number of ether oxygens (including phenoxy) is 2. The molecule has 0 aliphatic rings. The highest BCUT2D eigenvalue weighted by Crippen LogP contribution is 2.18. The van der Waals surface area contributed by atoms with Crippen molar-refractivity contribution in [3.8, 4) is 0 Å². The molecule has 0 atom stereocenters. The van der Waals surface area contributed by atoms with Crippen LogP contribution < -0.4 is 0 Å². The summed E-state index contributed by atoms with van der Waals surface area (Å²) < 4.78 is 11.5. The first kappa shape index (κ1) is 15.9. The summed E-state index contributed by atoms with van der Waals surface area (Å²) in [7, 11) is 0. The Bertz CT molecular complexity index is 195. The van der Waals surface area contributed by atoms with Crippen LogP contribution in [0.25, 0.3) is 0 Å². The van der Waals surface area contributed by atoms with Gasteiger partial charge in [-0.15, -0.1) is 0 Å². The molecule has 3 heteroatoms. The Balaban J connectivity index is 4.20. The van der Waals surface area contributed by atoms with Gasteiger partial charge < -0.3 is 9.47 Å². The van der Waals surface area contributed by atoms with E-state index >= 15 is 0 Å². The van der Waals surface area contributed by atoms with Crippen LogP contribution >= 0.6 is 0 Å². The zero-order valence-electron chi connectivity index (χ0n) is 12.3. The number of rotatable bonds is 6. The molecule has 0 heterocycles. The maximum Gasteiger partial charge on any atom is 0.164 e. The summed E-state index contributed by atoms with van der Waals surface area (Å²) in [6.07, 6.45) is 0.180. The Morgan fingerprint density at radius 1 is 1.06 bits per heavy atom. The standard InChI is InChI=1S/C13H29NO2/c1-9-14(12(4,5)6)10-15-13(7,8)16-11(2)3/h11H,9-10H2,1-8H3. The predicted octanol–water partition coefficient (Wildman–Crippen LogP) is 3.24. The Hall–Kier alpha value is -0.120. The van der Waals surface area contributed by atoms with Crippen LogP contribution in [0.3, 0.4) is 0 Å². The molecule has 0 N–H and O–H groups in total. The number of nitrogens with zero attached hydrogens (tertiary/aromatic N) is 1. The van der Waals surface area contributed by atoms with Crippen LogP contribution in [0.1, 0.15) is 55.4 Å². The topological polar surface area (TPSA) is 21.7 Å². The third-order valence-electron chi connectivity index (χ3n) is 2.42. The maximum atomic E-state index is 5.82. The van der Waals surface area contributed by atoms with E-state index in [9.17, 15) is 0 Å². The van der Waals surface area contributed by atoms with Gasteiger partial charge in [-0.1, -0.05) is 6.92 Å². The number of hydrogen-bond acceptors (Lipinski definition) is 3. The second-order valence-corrected chi connectivity index (χ2v) is 5.87. The fourth-order valence-corrected chi connectivity index (χ4v) is 1.59. The first-order valence-electron chi connectivity index (χ1n) is 6.15. The van der Waals surface area contributed by atoms with Crippen molar-refractivity contribution in [2.75, 3.05) is 13.3 Å². The highest BCUT2D eigenvalue weighted by Gasteiger charge is 2.25. The van der Waals surface area contributed by atoms with E-state index in [1.165, 1.54) is 0 Å². The summed E-state index contributed by atoms with van der Waals surface area (Å²) >= 11 is 0. The molecule has 0 spiro atoms. The van der Waals surface area contributed by atoms with Gasteiger partial charge in [0.05, 0.1) is 6.10 Å². The molecule has 0 aliphatic carbocycles. The third-order valence-corrected chi connectivity index (χ3v) is 2.42. The second-order valence-electron chi connectivity index (χ2n) is 5.87. The van der Waals surface area contributed by atoms with Gasteiger partial charge in [0.2, 0.25) is 0 Å². The molecule has 0 aromatic heterocycles. The van der Waals surface area contributed by atoms with Gasteiger partial charge in [0, 0.05) is 5.54 Å². The Morgan fingerprint density at radius 3 is 1.88 bits per heavy atom. The molecule has 98 valence electrons. The molecule has 0 rings (SSSR count). The van der Waals surface area contributed by atoms with Crippen molar-refractivity contribution in [1.82, 2.24) is 4.90 Å². The molecule has 0 unspecified atom stereocenters. The van der Waals surface area contributed by atoms with Crippen LogP contribution in [0, 0.1) is 0 Å². The minimum atomic E-state index is -0.521. The van der Waals surface area contributed by atoms with Crippen molar-refractivity contribution in [2.24, 2.45) is 0 Å². The van der Waals surface area contributed by atoms with Crippen LogP contribution in [-0.2, 0) is 9.47 Å². The lowest BCUT2D eigenvalue weighted by Gasteiger charge is -2.37. The van der Waals surface area contributed by atoms with E-state index in [1.54, 1.807) is 0 Å². The van der Waals surface area contributed by atoms with Gasteiger partial charge in [0.1, 0.15) is 6.73 Å². The summed E-state index contributed by atoms with van der Waals surface area (Å²) in [6, 6.07) is 0. The summed E-state index contributed by atoms with van der Waals surface area (Å²) in [5.41, 5.74) is 0.128. The van der Waals surface area contributed by atoms with E-state index in [-0.39, 0.29) is 11.6 Å². The fourth-order valence-electron chi connectivity index (χ4n) is 1.59. The van der Waals surface area contributed by atoms with Crippen LogP contribution in [0.2, 0.25) is 0 Å². The minimum Gasteiger partial charge on any atom is -0.348 e. The van der Waals surface area contributed by atoms with E-state index in [0.29, 0.717) is 6.73 Å². The van der Waals surface area contributed by atoms with Gasteiger partial charge in [-0.2, -0.15) is 0 Å². The van der Waals surface area contributed by atoms with Gasteiger partial charge in [-0.05, 0) is 55.0 Å². The van der Waals surface area contributed by atoms with Crippen LogP contribution in [0.5, 0.6) is 0 Å². The molecule has 3 nitrogen and oxygen atoms in total. The Kier molecular flexibility index (Phi) is 5.94. The normalized spacial score (nSPS) is 13.9. The van der Waals surface area contributed by atoms with Gasteiger partial charge in [-0.3, -0.25) is 4.90 Å². The Morgan fingerprint density at radius 2 is 1.56 bits per heavy atom. The summed E-state index contributed by atoms with van der Waals surface area (Å²) in [4.78, 5) is 2.28. The van der Waals surface area contributed by atoms with Gasteiger partial charge in [0.15, 0.2) is 5.79 Å². The molecule has 0 saturated heterocycles. The molecule has 0 aromatic rings. The maximum absolute atomic E-state index is 5.82. The molecule has 0 amide bonds. The summed E-state index contributed by atoms with van der Waals surface area (Å²) in [6.45, 7) is 18.3. The second kappa shape index (κ2) is 5.99. The first-order chi connectivity index (χ1) is 7.08. The van der Waals surface area contributed by atoms with Crippen molar-refractivity contribution in [3.63, 3.8) is 0 Å². The average Bonchev–Trinajstić information content (AvgIpc) is 1.99. The molecule has 0 aliphatic heterocycles. The zero-order valence-corrected chi connectivity index (χ0v) is 12.3. The summed E-state index contributed by atoms with van der Waals surface area (Å²) in [5.74, 6) is -0.521. The minimum absolute atomic E-state index is 0.128. The molecule has 0 aromatic carbocycles. The molecule has 0 fully saturated rings. The van der Waals surface area contributed by atoms with Crippen molar-refractivity contribution >= 4 is 0 Å². The molecule has 0 bridgehead atoms. The van der Waals surface area contributed by atoms with E-state index in [1.807, 2.05) is 27.7 Å². The smallest absolute Gasteiger partial charge is 0.164 e. The van der Waals surface area contributed by atoms with Crippen LogP contribution in [0.4, 0.5) is 0 Å². The SMILES string of the molecule is CCN(COC(C)(C)OC(C)C)C(C)(C)C. The molecule has 0 radical (unpaired) electrons. The zero-order chi connectivity index (χ0) is 13.0. The van der Waals surface area contributed by atoms with E-state index < -0.39 is 5.79 Å². The molecular formula is C13H29NO2. The fraction of sp³-hybridized carbons (Fsp3) is 1.00. The van der Waals surface area contributed by atoms with Crippen molar-refractivity contribution in [1.29, 1.82) is 0 Å². The lowest BCUT2D eigenvalue weighted by molar-refractivity contribution is -0.252. The monoisotopic (exact) mass is 231 g/mol.